The predicted molar refractivity (Wildman–Crippen MR) is 86.1 cm³/mol. The Balaban J connectivity index is 1.92. The van der Waals surface area contributed by atoms with Gasteiger partial charge in [-0.25, -0.2) is 0 Å². The van der Waals surface area contributed by atoms with E-state index in [2.05, 4.69) is 0 Å². The number of benzene rings is 2. The highest BCUT2D eigenvalue weighted by atomic mass is 16.5. The molecule has 0 heterocycles. The molecule has 2 aromatic carbocycles. The van der Waals surface area contributed by atoms with E-state index in [4.69, 9.17) is 9.47 Å². The van der Waals surface area contributed by atoms with Crippen LogP contribution >= 0.6 is 0 Å². The number of ether oxygens (including phenoxy) is 2. The SMILES string of the molecule is COc1cc(C)ccc1OCC(=O)N(C)Cc1ccccc1. The van der Waals surface area contributed by atoms with Crippen molar-refractivity contribution in [2.24, 2.45) is 0 Å². The Bertz CT molecular complexity index is 625. The van der Waals surface area contributed by atoms with Gasteiger partial charge in [0.05, 0.1) is 7.11 Å². The lowest BCUT2D eigenvalue weighted by Gasteiger charge is -2.18. The van der Waals surface area contributed by atoms with Crippen molar-refractivity contribution in [3.63, 3.8) is 0 Å². The summed E-state index contributed by atoms with van der Waals surface area (Å²) in [4.78, 5) is 13.8. The summed E-state index contributed by atoms with van der Waals surface area (Å²) in [5.74, 6) is 1.14. The van der Waals surface area contributed by atoms with Crippen LogP contribution in [0.15, 0.2) is 48.5 Å². The molecular formula is C18H21NO3. The summed E-state index contributed by atoms with van der Waals surface area (Å²) in [5.41, 5.74) is 2.17. The van der Waals surface area contributed by atoms with E-state index in [0.29, 0.717) is 18.0 Å². The summed E-state index contributed by atoms with van der Waals surface area (Å²) in [6.07, 6.45) is 0. The van der Waals surface area contributed by atoms with Crippen molar-refractivity contribution in [1.82, 2.24) is 4.90 Å². The number of rotatable bonds is 6. The van der Waals surface area contributed by atoms with E-state index >= 15 is 0 Å². The first-order chi connectivity index (χ1) is 10.6. The van der Waals surface area contributed by atoms with Crippen LogP contribution in [-0.4, -0.2) is 31.6 Å². The molecule has 1 amide bonds. The van der Waals surface area contributed by atoms with Gasteiger partial charge in [-0.05, 0) is 30.2 Å². The zero-order valence-corrected chi connectivity index (χ0v) is 13.2. The number of likely N-dealkylation sites (N-methyl/N-ethyl adjacent to an activating group) is 1. The fourth-order valence-corrected chi connectivity index (χ4v) is 2.09. The van der Waals surface area contributed by atoms with Gasteiger partial charge in [-0.3, -0.25) is 4.79 Å². The molecule has 116 valence electrons. The van der Waals surface area contributed by atoms with Gasteiger partial charge in [0.2, 0.25) is 0 Å². The number of methoxy groups -OCH3 is 1. The standard InChI is InChI=1S/C18H21NO3/c1-14-9-10-16(17(11-14)21-3)22-13-18(20)19(2)12-15-7-5-4-6-8-15/h4-11H,12-13H2,1-3H3. The molecule has 0 bridgehead atoms. The second kappa shape index (κ2) is 7.50. The van der Waals surface area contributed by atoms with Crippen LogP contribution < -0.4 is 9.47 Å². The summed E-state index contributed by atoms with van der Waals surface area (Å²) < 4.78 is 10.9. The minimum atomic E-state index is -0.0773. The van der Waals surface area contributed by atoms with Crippen LogP contribution in [0.2, 0.25) is 0 Å². The third-order valence-electron chi connectivity index (χ3n) is 3.36. The maximum atomic E-state index is 12.1. The van der Waals surface area contributed by atoms with E-state index in [1.54, 1.807) is 19.1 Å². The molecule has 0 saturated carbocycles. The average Bonchev–Trinajstić information content (AvgIpc) is 2.54. The van der Waals surface area contributed by atoms with E-state index in [1.807, 2.05) is 55.5 Å². The lowest BCUT2D eigenvalue weighted by atomic mass is 10.2. The van der Waals surface area contributed by atoms with Crippen molar-refractivity contribution in [3.8, 4) is 11.5 Å². The summed E-state index contributed by atoms with van der Waals surface area (Å²) >= 11 is 0. The molecule has 0 N–H and O–H groups in total. The van der Waals surface area contributed by atoms with Crippen molar-refractivity contribution in [1.29, 1.82) is 0 Å². The molecule has 0 fully saturated rings. The average molecular weight is 299 g/mol. The zero-order chi connectivity index (χ0) is 15.9. The van der Waals surface area contributed by atoms with Crippen LogP contribution in [0, 0.1) is 6.92 Å². The molecule has 0 aliphatic rings. The lowest BCUT2D eigenvalue weighted by Crippen LogP contribution is -2.31. The molecule has 22 heavy (non-hydrogen) atoms. The van der Waals surface area contributed by atoms with Gasteiger partial charge >= 0.3 is 0 Å². The molecule has 0 aromatic heterocycles. The van der Waals surface area contributed by atoms with Gasteiger partial charge in [-0.15, -0.1) is 0 Å². The van der Waals surface area contributed by atoms with Crippen LogP contribution in [0.4, 0.5) is 0 Å². The largest absolute Gasteiger partial charge is 0.493 e. The molecule has 0 saturated heterocycles. The van der Waals surface area contributed by atoms with E-state index in [1.165, 1.54) is 0 Å². The normalized spacial score (nSPS) is 10.1. The van der Waals surface area contributed by atoms with E-state index in [0.717, 1.165) is 11.1 Å². The van der Waals surface area contributed by atoms with Crippen molar-refractivity contribution >= 4 is 5.91 Å². The molecule has 0 atom stereocenters. The van der Waals surface area contributed by atoms with E-state index in [9.17, 15) is 4.79 Å². The molecule has 0 aliphatic heterocycles. The molecular weight excluding hydrogens is 278 g/mol. The highest BCUT2D eigenvalue weighted by Gasteiger charge is 2.12. The van der Waals surface area contributed by atoms with E-state index in [-0.39, 0.29) is 12.5 Å². The molecule has 0 aliphatic carbocycles. The van der Waals surface area contributed by atoms with Gasteiger partial charge in [0.1, 0.15) is 0 Å². The maximum Gasteiger partial charge on any atom is 0.260 e. The van der Waals surface area contributed by atoms with Gasteiger partial charge in [0, 0.05) is 13.6 Å². The second-order valence-electron chi connectivity index (χ2n) is 5.18. The van der Waals surface area contributed by atoms with Crippen LogP contribution in [0.25, 0.3) is 0 Å². The van der Waals surface area contributed by atoms with Crippen LogP contribution in [-0.2, 0) is 11.3 Å². The highest BCUT2D eigenvalue weighted by molar-refractivity contribution is 5.77. The maximum absolute atomic E-state index is 12.1. The van der Waals surface area contributed by atoms with Crippen molar-refractivity contribution in [2.45, 2.75) is 13.5 Å². The molecule has 0 spiro atoms. The van der Waals surface area contributed by atoms with Crippen LogP contribution in [0.3, 0.4) is 0 Å². The Kier molecular flexibility index (Phi) is 5.42. The Morgan fingerprint density at radius 2 is 1.82 bits per heavy atom. The fourth-order valence-electron chi connectivity index (χ4n) is 2.09. The molecule has 0 radical (unpaired) electrons. The third kappa shape index (κ3) is 4.25. The number of nitrogens with zero attached hydrogens (tertiary/aromatic N) is 1. The fraction of sp³-hybridized carbons (Fsp3) is 0.278. The number of aryl methyl sites for hydroxylation is 1. The zero-order valence-electron chi connectivity index (χ0n) is 13.2. The minimum absolute atomic E-state index is 0.0112. The van der Waals surface area contributed by atoms with Gasteiger partial charge in [0.25, 0.3) is 5.91 Å². The molecule has 4 nitrogen and oxygen atoms in total. The smallest absolute Gasteiger partial charge is 0.260 e. The predicted octanol–water partition coefficient (Wildman–Crippen LogP) is 3.04. The number of carbonyl (C=O) groups excluding carboxylic acids is 1. The Labute approximate surface area is 131 Å². The quantitative estimate of drug-likeness (QED) is 0.823. The summed E-state index contributed by atoms with van der Waals surface area (Å²) in [6.45, 7) is 2.53. The van der Waals surface area contributed by atoms with Gasteiger partial charge in [0.15, 0.2) is 18.1 Å². The number of hydrogen-bond donors (Lipinski definition) is 0. The molecule has 2 aromatic rings. The summed E-state index contributed by atoms with van der Waals surface area (Å²) in [5, 5.41) is 0. The Morgan fingerprint density at radius 1 is 1.09 bits per heavy atom. The second-order valence-corrected chi connectivity index (χ2v) is 5.18. The van der Waals surface area contributed by atoms with Crippen molar-refractivity contribution in [2.75, 3.05) is 20.8 Å². The van der Waals surface area contributed by atoms with Crippen molar-refractivity contribution in [3.05, 3.63) is 59.7 Å². The lowest BCUT2D eigenvalue weighted by molar-refractivity contribution is -0.132. The first-order valence-corrected chi connectivity index (χ1v) is 7.15. The Morgan fingerprint density at radius 3 is 2.50 bits per heavy atom. The molecule has 4 heteroatoms. The summed E-state index contributed by atoms with van der Waals surface area (Å²) in [6, 6.07) is 15.5. The first-order valence-electron chi connectivity index (χ1n) is 7.15. The number of carbonyl (C=O) groups is 1. The van der Waals surface area contributed by atoms with Gasteiger partial charge in [-0.2, -0.15) is 0 Å². The number of amides is 1. The third-order valence-corrected chi connectivity index (χ3v) is 3.36. The van der Waals surface area contributed by atoms with Gasteiger partial charge in [-0.1, -0.05) is 36.4 Å². The van der Waals surface area contributed by atoms with Crippen molar-refractivity contribution < 1.29 is 14.3 Å². The minimum Gasteiger partial charge on any atom is -0.493 e. The molecule has 0 unspecified atom stereocenters. The molecule has 2 rings (SSSR count). The topological polar surface area (TPSA) is 38.8 Å². The number of hydrogen-bond acceptors (Lipinski definition) is 3. The van der Waals surface area contributed by atoms with Crippen LogP contribution in [0.1, 0.15) is 11.1 Å². The van der Waals surface area contributed by atoms with E-state index < -0.39 is 0 Å². The van der Waals surface area contributed by atoms with Crippen LogP contribution in [0.5, 0.6) is 11.5 Å². The first kappa shape index (κ1) is 15.9. The summed E-state index contributed by atoms with van der Waals surface area (Å²) in [7, 11) is 3.36. The Hall–Kier alpha value is -2.49. The highest BCUT2D eigenvalue weighted by Crippen LogP contribution is 2.27. The van der Waals surface area contributed by atoms with Gasteiger partial charge < -0.3 is 14.4 Å². The monoisotopic (exact) mass is 299 g/mol.